The highest BCUT2D eigenvalue weighted by atomic mass is 16.3. The van der Waals surface area contributed by atoms with Crippen LogP contribution >= 0.6 is 0 Å². The molecule has 2 rings (SSSR count). The van der Waals surface area contributed by atoms with E-state index in [9.17, 15) is 5.11 Å². The van der Waals surface area contributed by atoms with Crippen molar-refractivity contribution in [1.82, 2.24) is 0 Å². The molecule has 0 aliphatic carbocycles. The number of hydrogen-bond acceptors (Lipinski definition) is 1. The Morgan fingerprint density at radius 2 is 1.52 bits per heavy atom. The van der Waals surface area contributed by atoms with Gasteiger partial charge in [0.05, 0.1) is 0 Å². The zero-order valence-electron chi connectivity index (χ0n) is 13.6. The topological polar surface area (TPSA) is 20.2 Å². The van der Waals surface area contributed by atoms with Crippen LogP contribution in [0.1, 0.15) is 60.3 Å². The lowest BCUT2D eigenvalue weighted by atomic mass is 9.87. The van der Waals surface area contributed by atoms with Crippen molar-refractivity contribution in [1.29, 1.82) is 0 Å². The van der Waals surface area contributed by atoms with E-state index in [0.717, 1.165) is 30.4 Å². The molecule has 2 aromatic carbocycles. The van der Waals surface area contributed by atoms with E-state index in [4.69, 9.17) is 0 Å². The predicted octanol–water partition coefficient (Wildman–Crippen LogP) is 4.76. The first-order valence-corrected chi connectivity index (χ1v) is 7.99. The van der Waals surface area contributed by atoms with Crippen LogP contribution in [0.2, 0.25) is 0 Å². The average molecular weight is 282 g/mol. The summed E-state index contributed by atoms with van der Waals surface area (Å²) in [6.45, 7) is 8.59. The molecule has 1 atom stereocenters. The van der Waals surface area contributed by atoms with E-state index >= 15 is 0 Å². The van der Waals surface area contributed by atoms with E-state index in [1.165, 1.54) is 22.3 Å². The van der Waals surface area contributed by atoms with Crippen molar-refractivity contribution in [2.24, 2.45) is 0 Å². The molecule has 1 N–H and O–H groups in total. The molecule has 1 unspecified atom stereocenters. The molecule has 1 nitrogen and oxygen atoms in total. The first kappa shape index (κ1) is 15.8. The molecule has 0 amide bonds. The normalized spacial score (nSPS) is 12.4. The van der Waals surface area contributed by atoms with Gasteiger partial charge in [-0.15, -0.1) is 0 Å². The number of aliphatic hydroxyl groups excluding tert-OH is 1. The summed E-state index contributed by atoms with van der Waals surface area (Å²) < 4.78 is 0. The molecular formula is C20H26O. The van der Waals surface area contributed by atoms with Gasteiger partial charge in [0, 0.05) is 0 Å². The van der Waals surface area contributed by atoms with Gasteiger partial charge < -0.3 is 5.11 Å². The average Bonchev–Trinajstić information content (AvgIpc) is 2.52. The van der Waals surface area contributed by atoms with Crippen molar-refractivity contribution in [3.63, 3.8) is 0 Å². The number of hydrogen-bond donors (Lipinski definition) is 1. The smallest absolute Gasteiger partial charge is 0.105 e. The second-order valence-corrected chi connectivity index (χ2v) is 5.71. The van der Waals surface area contributed by atoms with Gasteiger partial charge in [0.15, 0.2) is 0 Å². The number of aryl methyl sites for hydroxylation is 4. The van der Waals surface area contributed by atoms with Crippen LogP contribution in [-0.4, -0.2) is 5.11 Å². The molecule has 0 bridgehead atoms. The summed E-state index contributed by atoms with van der Waals surface area (Å²) in [5.74, 6) is 0. The molecule has 0 radical (unpaired) electrons. The lowest BCUT2D eigenvalue weighted by Gasteiger charge is -2.21. The highest BCUT2D eigenvalue weighted by Gasteiger charge is 2.18. The molecule has 0 fully saturated rings. The third-order valence-corrected chi connectivity index (χ3v) is 4.21. The van der Waals surface area contributed by atoms with Crippen molar-refractivity contribution >= 4 is 0 Å². The second kappa shape index (κ2) is 6.91. The van der Waals surface area contributed by atoms with E-state index in [0.29, 0.717) is 0 Å². The first-order valence-electron chi connectivity index (χ1n) is 7.99. The minimum atomic E-state index is -0.527. The lowest BCUT2D eigenvalue weighted by Crippen LogP contribution is -2.09. The molecule has 112 valence electrons. The monoisotopic (exact) mass is 282 g/mol. The summed E-state index contributed by atoms with van der Waals surface area (Å²) in [4.78, 5) is 0. The van der Waals surface area contributed by atoms with Gasteiger partial charge in [-0.25, -0.2) is 0 Å². The molecule has 1 heteroatoms. The fourth-order valence-electron chi connectivity index (χ4n) is 3.00. The second-order valence-electron chi connectivity index (χ2n) is 5.71. The highest BCUT2D eigenvalue weighted by Crippen LogP contribution is 2.31. The van der Waals surface area contributed by atoms with Gasteiger partial charge in [0.1, 0.15) is 6.10 Å². The number of rotatable bonds is 5. The van der Waals surface area contributed by atoms with Crippen molar-refractivity contribution < 1.29 is 5.11 Å². The lowest BCUT2D eigenvalue weighted by molar-refractivity contribution is 0.218. The van der Waals surface area contributed by atoms with E-state index in [1.54, 1.807) is 0 Å². The first-order chi connectivity index (χ1) is 10.1. The zero-order valence-corrected chi connectivity index (χ0v) is 13.6. The Labute approximate surface area is 128 Å². The van der Waals surface area contributed by atoms with E-state index < -0.39 is 6.10 Å². The predicted molar refractivity (Wildman–Crippen MR) is 89.8 cm³/mol. The highest BCUT2D eigenvalue weighted by molar-refractivity contribution is 5.45. The van der Waals surface area contributed by atoms with Crippen molar-refractivity contribution in [3.8, 4) is 0 Å². The maximum absolute atomic E-state index is 10.9. The number of aliphatic hydroxyl groups is 1. The van der Waals surface area contributed by atoms with Crippen LogP contribution in [0.5, 0.6) is 0 Å². The summed E-state index contributed by atoms with van der Waals surface area (Å²) >= 11 is 0. The Kier molecular flexibility index (Phi) is 5.19. The van der Waals surface area contributed by atoms with E-state index in [1.807, 2.05) is 12.1 Å². The van der Waals surface area contributed by atoms with Crippen LogP contribution in [0.25, 0.3) is 0 Å². The van der Waals surface area contributed by atoms with Crippen molar-refractivity contribution in [3.05, 3.63) is 69.8 Å². The quantitative estimate of drug-likeness (QED) is 0.838. The van der Waals surface area contributed by atoms with Crippen molar-refractivity contribution in [2.75, 3.05) is 0 Å². The minimum Gasteiger partial charge on any atom is -0.384 e. The Morgan fingerprint density at radius 1 is 0.905 bits per heavy atom. The van der Waals surface area contributed by atoms with Crippen LogP contribution in [0, 0.1) is 6.92 Å². The molecular weight excluding hydrogens is 256 g/mol. The van der Waals surface area contributed by atoms with Gasteiger partial charge in [-0.3, -0.25) is 0 Å². The maximum atomic E-state index is 10.9. The molecule has 0 spiro atoms. The zero-order chi connectivity index (χ0) is 15.4. The van der Waals surface area contributed by atoms with Gasteiger partial charge >= 0.3 is 0 Å². The third kappa shape index (κ3) is 3.36. The van der Waals surface area contributed by atoms with E-state index in [-0.39, 0.29) is 0 Å². The van der Waals surface area contributed by atoms with Crippen LogP contribution in [0.15, 0.2) is 36.4 Å². The molecule has 21 heavy (non-hydrogen) atoms. The van der Waals surface area contributed by atoms with Crippen LogP contribution in [0.3, 0.4) is 0 Å². The Bertz CT molecular complexity index is 588. The minimum absolute atomic E-state index is 0.527. The molecule has 0 saturated carbocycles. The Balaban J connectivity index is 2.55. The number of benzene rings is 2. The molecule has 0 aliphatic heterocycles. The van der Waals surface area contributed by atoms with Gasteiger partial charge in [-0.2, -0.15) is 0 Å². The molecule has 0 aromatic heterocycles. The van der Waals surface area contributed by atoms with Crippen LogP contribution in [-0.2, 0) is 19.3 Å². The third-order valence-electron chi connectivity index (χ3n) is 4.21. The molecule has 0 saturated heterocycles. The SMILES string of the molecule is CCc1cc(CC)c(C(O)c2cccc(C)c2)c(CC)c1. The van der Waals surface area contributed by atoms with Gasteiger partial charge in [-0.1, -0.05) is 62.7 Å². The summed E-state index contributed by atoms with van der Waals surface area (Å²) in [5.41, 5.74) is 7.21. The van der Waals surface area contributed by atoms with Crippen LogP contribution in [0.4, 0.5) is 0 Å². The van der Waals surface area contributed by atoms with Crippen LogP contribution < -0.4 is 0 Å². The Morgan fingerprint density at radius 3 is 2.00 bits per heavy atom. The fourth-order valence-corrected chi connectivity index (χ4v) is 3.00. The summed E-state index contributed by atoms with van der Waals surface area (Å²) in [5, 5.41) is 10.9. The maximum Gasteiger partial charge on any atom is 0.105 e. The molecule has 0 aliphatic rings. The van der Waals surface area contributed by atoms with Gasteiger partial charge in [-0.05, 0) is 54.0 Å². The van der Waals surface area contributed by atoms with Gasteiger partial charge in [0.2, 0.25) is 0 Å². The Hall–Kier alpha value is -1.60. The summed E-state index contributed by atoms with van der Waals surface area (Å²) in [7, 11) is 0. The molecule has 0 heterocycles. The summed E-state index contributed by atoms with van der Waals surface area (Å²) in [6, 6.07) is 12.7. The van der Waals surface area contributed by atoms with Crippen molar-refractivity contribution in [2.45, 2.75) is 53.1 Å². The standard InChI is InChI=1S/C20H26O/c1-5-15-12-16(6-2)19(17(7-3)13-15)20(21)18-10-8-9-14(4)11-18/h8-13,20-21H,5-7H2,1-4H3. The van der Waals surface area contributed by atoms with Gasteiger partial charge in [0.25, 0.3) is 0 Å². The largest absolute Gasteiger partial charge is 0.384 e. The summed E-state index contributed by atoms with van der Waals surface area (Å²) in [6.07, 6.45) is 2.43. The molecule has 2 aromatic rings. The fraction of sp³-hybridized carbons (Fsp3) is 0.400. The van der Waals surface area contributed by atoms with E-state index in [2.05, 4.69) is 52.0 Å².